The molecule has 6 nitrogen and oxygen atoms in total. The summed E-state index contributed by atoms with van der Waals surface area (Å²) in [4.78, 5) is 26.3. The molecule has 0 saturated heterocycles. The van der Waals surface area contributed by atoms with Crippen molar-refractivity contribution in [1.29, 1.82) is 0 Å². The average molecular weight is 326 g/mol. The molecule has 2 rings (SSSR count). The topological polar surface area (TPSA) is 64.7 Å². The summed E-state index contributed by atoms with van der Waals surface area (Å²) < 4.78 is 0. The average Bonchev–Trinajstić information content (AvgIpc) is 2.55. The third-order valence-electron chi connectivity index (χ3n) is 3.40. The lowest BCUT2D eigenvalue weighted by atomic mass is 10.0. The minimum Gasteiger partial charge on any atom is -0.331 e. The van der Waals surface area contributed by atoms with Crippen LogP contribution in [-0.4, -0.2) is 50.1 Å². The molecule has 0 heterocycles. The van der Waals surface area contributed by atoms with Crippen molar-refractivity contribution in [2.24, 2.45) is 0 Å². The number of anilines is 2. The molecule has 0 fully saturated rings. The standard InChI is InChI=1S/C18H22N4O2/c1-21(2)17(23)19-15-10-8-13(9-11-15)14-6-5-7-16(12-14)20-18(24)22(3)4/h5-12H,1-4H3,(H,19,23)(H,20,24). The molecule has 4 amide bonds. The van der Waals surface area contributed by atoms with Crippen LogP contribution in [0.5, 0.6) is 0 Å². The van der Waals surface area contributed by atoms with Crippen LogP contribution in [0.4, 0.5) is 21.0 Å². The zero-order chi connectivity index (χ0) is 17.7. The third kappa shape index (κ3) is 4.49. The fourth-order valence-electron chi connectivity index (χ4n) is 1.99. The molecule has 6 heteroatoms. The van der Waals surface area contributed by atoms with Gasteiger partial charge in [-0.2, -0.15) is 0 Å². The van der Waals surface area contributed by atoms with Crippen molar-refractivity contribution >= 4 is 23.4 Å². The van der Waals surface area contributed by atoms with Gasteiger partial charge in [-0.05, 0) is 35.4 Å². The Morgan fingerprint density at radius 3 is 1.79 bits per heavy atom. The normalized spacial score (nSPS) is 10.0. The number of nitrogens with one attached hydrogen (secondary N) is 2. The van der Waals surface area contributed by atoms with Crippen molar-refractivity contribution in [2.45, 2.75) is 0 Å². The maximum absolute atomic E-state index is 11.7. The number of hydrogen-bond donors (Lipinski definition) is 2. The molecule has 0 aliphatic heterocycles. The Bertz CT molecular complexity index is 724. The Kier molecular flexibility index (Phi) is 5.42. The van der Waals surface area contributed by atoms with Crippen LogP contribution in [0.25, 0.3) is 11.1 Å². The summed E-state index contributed by atoms with van der Waals surface area (Å²) in [5.41, 5.74) is 3.45. The zero-order valence-corrected chi connectivity index (χ0v) is 14.3. The summed E-state index contributed by atoms with van der Waals surface area (Å²) in [5, 5.41) is 5.62. The Balaban J connectivity index is 2.14. The van der Waals surface area contributed by atoms with Gasteiger partial charge in [0.15, 0.2) is 0 Å². The van der Waals surface area contributed by atoms with Crippen molar-refractivity contribution in [3.63, 3.8) is 0 Å². The fourth-order valence-corrected chi connectivity index (χ4v) is 1.99. The van der Waals surface area contributed by atoms with Crippen molar-refractivity contribution < 1.29 is 9.59 Å². The summed E-state index contributed by atoms with van der Waals surface area (Å²) in [5.74, 6) is 0. The number of rotatable bonds is 3. The Labute approximate surface area is 142 Å². The quantitative estimate of drug-likeness (QED) is 0.906. The van der Waals surface area contributed by atoms with E-state index in [0.717, 1.165) is 22.5 Å². The molecule has 0 unspecified atom stereocenters. The van der Waals surface area contributed by atoms with E-state index >= 15 is 0 Å². The Morgan fingerprint density at radius 1 is 0.708 bits per heavy atom. The molecule has 2 aromatic rings. The highest BCUT2D eigenvalue weighted by atomic mass is 16.2. The van der Waals surface area contributed by atoms with Crippen LogP contribution in [0, 0.1) is 0 Å². The summed E-state index contributed by atoms with van der Waals surface area (Å²) in [6.07, 6.45) is 0. The van der Waals surface area contributed by atoms with E-state index in [2.05, 4.69) is 10.6 Å². The first-order chi connectivity index (χ1) is 11.4. The monoisotopic (exact) mass is 326 g/mol. The van der Waals surface area contributed by atoms with Gasteiger partial charge in [-0.15, -0.1) is 0 Å². The zero-order valence-electron chi connectivity index (χ0n) is 14.3. The lowest BCUT2D eigenvalue weighted by Crippen LogP contribution is -2.27. The van der Waals surface area contributed by atoms with Crippen LogP contribution in [0.15, 0.2) is 48.5 Å². The van der Waals surface area contributed by atoms with Gasteiger partial charge in [0, 0.05) is 39.6 Å². The van der Waals surface area contributed by atoms with E-state index < -0.39 is 0 Å². The molecule has 126 valence electrons. The molecule has 0 atom stereocenters. The van der Waals surface area contributed by atoms with Crippen LogP contribution < -0.4 is 10.6 Å². The summed E-state index contributed by atoms with van der Waals surface area (Å²) in [6.45, 7) is 0. The lowest BCUT2D eigenvalue weighted by Gasteiger charge is -2.13. The van der Waals surface area contributed by atoms with Gasteiger partial charge in [-0.1, -0.05) is 24.3 Å². The summed E-state index contributed by atoms with van der Waals surface area (Å²) in [7, 11) is 6.77. The van der Waals surface area contributed by atoms with Gasteiger partial charge in [0.1, 0.15) is 0 Å². The highest BCUT2D eigenvalue weighted by Gasteiger charge is 2.06. The second kappa shape index (κ2) is 7.50. The van der Waals surface area contributed by atoms with E-state index in [4.69, 9.17) is 0 Å². The van der Waals surface area contributed by atoms with E-state index in [1.165, 1.54) is 9.80 Å². The van der Waals surface area contributed by atoms with Crippen molar-refractivity contribution in [1.82, 2.24) is 9.80 Å². The molecule has 0 saturated carbocycles. The first-order valence-electron chi connectivity index (χ1n) is 7.54. The van der Waals surface area contributed by atoms with E-state index in [1.807, 2.05) is 48.5 Å². The molecule has 24 heavy (non-hydrogen) atoms. The van der Waals surface area contributed by atoms with Gasteiger partial charge in [-0.3, -0.25) is 0 Å². The molecular formula is C18H22N4O2. The van der Waals surface area contributed by atoms with Gasteiger partial charge in [0.05, 0.1) is 0 Å². The van der Waals surface area contributed by atoms with Gasteiger partial charge in [-0.25, -0.2) is 9.59 Å². The van der Waals surface area contributed by atoms with Gasteiger partial charge in [0.2, 0.25) is 0 Å². The minimum absolute atomic E-state index is 0.170. The molecule has 0 aliphatic rings. The summed E-state index contributed by atoms with van der Waals surface area (Å²) in [6, 6.07) is 14.8. The second-order valence-corrected chi connectivity index (χ2v) is 5.81. The Morgan fingerprint density at radius 2 is 1.25 bits per heavy atom. The van der Waals surface area contributed by atoms with E-state index in [0.29, 0.717) is 0 Å². The predicted molar refractivity (Wildman–Crippen MR) is 97.3 cm³/mol. The van der Waals surface area contributed by atoms with Gasteiger partial charge < -0.3 is 20.4 Å². The highest BCUT2D eigenvalue weighted by Crippen LogP contribution is 2.24. The smallest absolute Gasteiger partial charge is 0.321 e. The maximum Gasteiger partial charge on any atom is 0.321 e. The second-order valence-electron chi connectivity index (χ2n) is 5.81. The maximum atomic E-state index is 11.7. The number of urea groups is 2. The van der Waals surface area contributed by atoms with Crippen LogP contribution in [0.2, 0.25) is 0 Å². The van der Waals surface area contributed by atoms with Gasteiger partial charge >= 0.3 is 12.1 Å². The number of carbonyl (C=O) groups excluding carboxylic acids is 2. The van der Waals surface area contributed by atoms with Crippen LogP contribution >= 0.6 is 0 Å². The number of benzene rings is 2. The van der Waals surface area contributed by atoms with E-state index in [9.17, 15) is 9.59 Å². The molecule has 0 aliphatic carbocycles. The molecule has 2 N–H and O–H groups in total. The van der Waals surface area contributed by atoms with Crippen molar-refractivity contribution in [3.8, 4) is 11.1 Å². The molecule has 0 radical (unpaired) electrons. The first kappa shape index (κ1) is 17.3. The van der Waals surface area contributed by atoms with Crippen LogP contribution in [0.3, 0.4) is 0 Å². The molecule has 0 aromatic heterocycles. The highest BCUT2D eigenvalue weighted by molar-refractivity contribution is 5.90. The van der Waals surface area contributed by atoms with Crippen molar-refractivity contribution in [3.05, 3.63) is 48.5 Å². The van der Waals surface area contributed by atoms with E-state index in [-0.39, 0.29) is 12.1 Å². The minimum atomic E-state index is -0.172. The van der Waals surface area contributed by atoms with Crippen LogP contribution in [-0.2, 0) is 0 Å². The predicted octanol–water partition coefficient (Wildman–Crippen LogP) is 3.54. The first-order valence-corrected chi connectivity index (χ1v) is 7.54. The lowest BCUT2D eigenvalue weighted by molar-refractivity contribution is 0.230. The number of carbonyl (C=O) groups is 2. The van der Waals surface area contributed by atoms with Crippen LogP contribution in [0.1, 0.15) is 0 Å². The fraction of sp³-hybridized carbons (Fsp3) is 0.222. The number of hydrogen-bond acceptors (Lipinski definition) is 2. The Hall–Kier alpha value is -3.02. The largest absolute Gasteiger partial charge is 0.331 e. The molecular weight excluding hydrogens is 304 g/mol. The van der Waals surface area contributed by atoms with Crippen molar-refractivity contribution in [2.75, 3.05) is 38.8 Å². The molecule has 2 aromatic carbocycles. The molecule has 0 bridgehead atoms. The van der Waals surface area contributed by atoms with Gasteiger partial charge in [0.25, 0.3) is 0 Å². The number of amides is 4. The third-order valence-corrected chi connectivity index (χ3v) is 3.40. The SMILES string of the molecule is CN(C)C(=O)Nc1ccc(-c2cccc(NC(=O)N(C)C)c2)cc1. The number of nitrogens with zero attached hydrogens (tertiary/aromatic N) is 2. The molecule has 0 spiro atoms. The van der Waals surface area contributed by atoms with E-state index in [1.54, 1.807) is 28.2 Å². The summed E-state index contributed by atoms with van der Waals surface area (Å²) >= 11 is 0.